The second kappa shape index (κ2) is 4.75. The SMILES string of the molecule is CNC12CCCC3(O)C4Cc5ccc(O)c(c5C13CCN4CC1CC1)O2. The van der Waals surface area contributed by atoms with E-state index in [2.05, 4.69) is 16.3 Å². The lowest BCUT2D eigenvalue weighted by molar-refractivity contribution is -0.223. The monoisotopic (exact) mass is 356 g/mol. The number of rotatable bonds is 3. The Hall–Kier alpha value is -1.30. The number of ether oxygens (including phenoxy) is 1. The van der Waals surface area contributed by atoms with E-state index in [1.807, 2.05) is 7.05 Å². The summed E-state index contributed by atoms with van der Waals surface area (Å²) in [4.78, 5) is 2.57. The minimum Gasteiger partial charge on any atom is -0.504 e. The van der Waals surface area contributed by atoms with E-state index >= 15 is 0 Å². The van der Waals surface area contributed by atoms with Gasteiger partial charge in [-0.15, -0.1) is 0 Å². The Balaban J connectivity index is 1.60. The van der Waals surface area contributed by atoms with Crippen LogP contribution >= 0.6 is 0 Å². The number of hydrogen-bond donors (Lipinski definition) is 3. The van der Waals surface area contributed by atoms with Crippen LogP contribution in [-0.4, -0.2) is 52.6 Å². The van der Waals surface area contributed by atoms with Crippen molar-refractivity contribution in [3.05, 3.63) is 23.3 Å². The van der Waals surface area contributed by atoms with Crippen LogP contribution < -0.4 is 10.1 Å². The zero-order valence-electron chi connectivity index (χ0n) is 15.4. The van der Waals surface area contributed by atoms with E-state index in [1.165, 1.54) is 18.4 Å². The second-order valence-corrected chi connectivity index (χ2v) is 9.22. The van der Waals surface area contributed by atoms with E-state index in [0.717, 1.165) is 56.7 Å². The lowest BCUT2D eigenvalue weighted by Gasteiger charge is -2.66. The van der Waals surface area contributed by atoms with Crippen molar-refractivity contribution >= 4 is 0 Å². The maximum atomic E-state index is 12.3. The molecule has 5 nitrogen and oxygen atoms in total. The molecule has 1 aromatic rings. The van der Waals surface area contributed by atoms with Crippen LogP contribution in [0.25, 0.3) is 0 Å². The molecule has 1 spiro atoms. The van der Waals surface area contributed by atoms with Crippen molar-refractivity contribution in [1.82, 2.24) is 10.2 Å². The highest BCUT2D eigenvalue weighted by atomic mass is 16.5. The third kappa shape index (κ3) is 1.56. The molecular weight excluding hydrogens is 328 g/mol. The van der Waals surface area contributed by atoms with Crippen molar-refractivity contribution in [1.29, 1.82) is 0 Å². The Labute approximate surface area is 154 Å². The fraction of sp³-hybridized carbons (Fsp3) is 0.714. The summed E-state index contributed by atoms with van der Waals surface area (Å²) in [6, 6.07) is 3.99. The van der Waals surface area contributed by atoms with E-state index < -0.39 is 16.7 Å². The number of likely N-dealkylation sites (tertiary alicyclic amines) is 1. The molecule has 4 atom stereocenters. The van der Waals surface area contributed by atoms with Crippen LogP contribution in [-0.2, 0) is 11.8 Å². The summed E-state index contributed by atoms with van der Waals surface area (Å²) in [6.45, 7) is 2.13. The number of piperidine rings is 1. The smallest absolute Gasteiger partial charge is 0.173 e. The molecule has 1 saturated heterocycles. The number of phenols is 1. The highest BCUT2D eigenvalue weighted by Crippen LogP contribution is 2.68. The topological polar surface area (TPSA) is 65.0 Å². The molecule has 140 valence electrons. The summed E-state index contributed by atoms with van der Waals surface area (Å²) >= 11 is 0. The molecule has 6 rings (SSSR count). The Morgan fingerprint density at radius 3 is 2.88 bits per heavy atom. The first-order valence-electron chi connectivity index (χ1n) is 10.2. The molecule has 3 fully saturated rings. The molecule has 2 aliphatic heterocycles. The molecule has 2 saturated carbocycles. The summed E-state index contributed by atoms with van der Waals surface area (Å²) in [5.41, 5.74) is 0.482. The molecule has 0 aromatic heterocycles. The standard InChI is InChI=1S/C21H28N2O3/c1-22-21-8-2-7-20(25)16-11-14-5-6-15(24)18(26-21)17(14)19(20,21)9-10-23(16)12-13-3-4-13/h5-6,13,16,22,24-25H,2-4,7-12H2,1H3. The Bertz CT molecular complexity index is 794. The predicted molar refractivity (Wildman–Crippen MR) is 97.4 cm³/mol. The number of hydrogen-bond acceptors (Lipinski definition) is 5. The molecular formula is C21H28N2O3. The van der Waals surface area contributed by atoms with Crippen molar-refractivity contribution in [3.8, 4) is 11.5 Å². The van der Waals surface area contributed by atoms with Gasteiger partial charge in [-0.3, -0.25) is 10.2 Å². The molecule has 26 heavy (non-hydrogen) atoms. The van der Waals surface area contributed by atoms with Crippen molar-refractivity contribution < 1.29 is 14.9 Å². The van der Waals surface area contributed by atoms with Gasteiger partial charge in [-0.05, 0) is 69.7 Å². The largest absolute Gasteiger partial charge is 0.504 e. The summed E-state index contributed by atoms with van der Waals surface area (Å²) in [6.07, 6.45) is 7.05. The molecule has 2 bridgehead atoms. The molecule has 3 N–H and O–H groups in total. The van der Waals surface area contributed by atoms with Gasteiger partial charge in [-0.1, -0.05) is 6.07 Å². The predicted octanol–water partition coefficient (Wildman–Crippen LogP) is 1.89. The van der Waals surface area contributed by atoms with Crippen LogP contribution in [0.4, 0.5) is 0 Å². The van der Waals surface area contributed by atoms with Crippen molar-refractivity contribution in [2.24, 2.45) is 5.92 Å². The first kappa shape index (κ1) is 15.7. The Morgan fingerprint density at radius 1 is 1.27 bits per heavy atom. The van der Waals surface area contributed by atoms with Gasteiger partial charge in [0.15, 0.2) is 17.2 Å². The zero-order chi connectivity index (χ0) is 17.7. The van der Waals surface area contributed by atoms with Gasteiger partial charge in [0.25, 0.3) is 0 Å². The van der Waals surface area contributed by atoms with Crippen LogP contribution in [0.5, 0.6) is 11.5 Å². The highest BCUT2D eigenvalue weighted by Gasteiger charge is 2.76. The van der Waals surface area contributed by atoms with Crippen molar-refractivity contribution in [2.45, 2.75) is 67.7 Å². The van der Waals surface area contributed by atoms with E-state index in [-0.39, 0.29) is 11.8 Å². The average molecular weight is 356 g/mol. The molecule has 5 heteroatoms. The fourth-order valence-electron chi connectivity index (χ4n) is 6.98. The zero-order valence-corrected chi connectivity index (χ0v) is 15.4. The van der Waals surface area contributed by atoms with Gasteiger partial charge >= 0.3 is 0 Å². The Kier molecular flexibility index (Phi) is 2.87. The van der Waals surface area contributed by atoms with Gasteiger partial charge < -0.3 is 14.9 Å². The number of phenolic OH excluding ortho intramolecular Hbond substituents is 1. The van der Waals surface area contributed by atoms with Crippen LogP contribution in [0.1, 0.15) is 49.7 Å². The Morgan fingerprint density at radius 2 is 2.12 bits per heavy atom. The van der Waals surface area contributed by atoms with Crippen molar-refractivity contribution in [2.75, 3.05) is 20.1 Å². The number of nitrogens with one attached hydrogen (secondary N) is 1. The normalized spacial score (nSPS) is 43.1. The molecule has 5 aliphatic rings. The summed E-state index contributed by atoms with van der Waals surface area (Å²) in [5, 5.41) is 26.3. The third-order valence-corrected chi connectivity index (χ3v) is 8.21. The number of likely N-dealkylation sites (N-methyl/N-ethyl adjacent to an activating group) is 1. The minimum absolute atomic E-state index is 0.150. The minimum atomic E-state index is -0.798. The average Bonchev–Trinajstić information content (AvgIpc) is 3.38. The fourth-order valence-corrected chi connectivity index (χ4v) is 6.98. The molecule has 2 heterocycles. The molecule has 0 amide bonds. The first-order valence-corrected chi connectivity index (χ1v) is 10.2. The summed E-state index contributed by atoms with van der Waals surface area (Å²) < 4.78 is 6.50. The van der Waals surface area contributed by atoms with E-state index in [1.54, 1.807) is 6.07 Å². The van der Waals surface area contributed by atoms with Gasteiger partial charge in [0, 0.05) is 24.6 Å². The summed E-state index contributed by atoms with van der Waals surface area (Å²) in [7, 11) is 1.95. The molecule has 0 radical (unpaired) electrons. The van der Waals surface area contributed by atoms with Gasteiger partial charge in [-0.25, -0.2) is 0 Å². The van der Waals surface area contributed by atoms with Gasteiger partial charge in [-0.2, -0.15) is 0 Å². The van der Waals surface area contributed by atoms with Crippen LogP contribution in [0.2, 0.25) is 0 Å². The molecule has 3 aliphatic carbocycles. The molecule has 4 unspecified atom stereocenters. The number of aromatic hydroxyl groups is 1. The maximum absolute atomic E-state index is 12.3. The van der Waals surface area contributed by atoms with Gasteiger partial charge in [0.1, 0.15) is 0 Å². The van der Waals surface area contributed by atoms with Gasteiger partial charge in [0.05, 0.1) is 11.0 Å². The number of aliphatic hydroxyl groups is 1. The number of nitrogens with zero attached hydrogens (tertiary/aromatic N) is 1. The van der Waals surface area contributed by atoms with Gasteiger partial charge in [0.2, 0.25) is 0 Å². The number of benzene rings is 1. The lowest BCUT2D eigenvalue weighted by Crippen LogP contribution is -2.81. The molecule has 1 aromatic carbocycles. The van der Waals surface area contributed by atoms with E-state index in [4.69, 9.17) is 4.74 Å². The lowest BCUT2D eigenvalue weighted by atomic mass is 9.47. The van der Waals surface area contributed by atoms with Crippen LogP contribution in [0.15, 0.2) is 12.1 Å². The quantitative estimate of drug-likeness (QED) is 0.772. The summed E-state index contributed by atoms with van der Waals surface area (Å²) in [5.74, 6) is 1.65. The van der Waals surface area contributed by atoms with E-state index in [9.17, 15) is 10.2 Å². The maximum Gasteiger partial charge on any atom is 0.173 e. The van der Waals surface area contributed by atoms with Crippen molar-refractivity contribution in [3.63, 3.8) is 0 Å². The van der Waals surface area contributed by atoms with E-state index in [0.29, 0.717) is 5.75 Å². The van der Waals surface area contributed by atoms with Crippen LogP contribution in [0, 0.1) is 5.92 Å². The first-order chi connectivity index (χ1) is 12.5. The second-order valence-electron chi connectivity index (χ2n) is 9.22. The third-order valence-electron chi connectivity index (χ3n) is 8.21. The highest BCUT2D eigenvalue weighted by molar-refractivity contribution is 5.63. The van der Waals surface area contributed by atoms with Crippen LogP contribution in [0.3, 0.4) is 0 Å².